The molecule has 2 aromatic rings. The Morgan fingerprint density at radius 2 is 2.00 bits per heavy atom. The highest BCUT2D eigenvalue weighted by atomic mass is 15.3. The molecule has 0 amide bonds. The Bertz CT molecular complexity index is 491. The van der Waals surface area contributed by atoms with E-state index in [0.717, 1.165) is 17.9 Å². The summed E-state index contributed by atoms with van der Waals surface area (Å²) in [4.78, 5) is 0. The summed E-state index contributed by atoms with van der Waals surface area (Å²) in [5.41, 5.74) is 2.15. The summed E-state index contributed by atoms with van der Waals surface area (Å²) in [6, 6.07) is 4.76. The normalized spacial score (nSPS) is 16.8. The lowest BCUT2D eigenvalue weighted by Crippen LogP contribution is -2.07. The predicted molar refractivity (Wildman–Crippen MR) is 65.8 cm³/mol. The van der Waals surface area contributed by atoms with Gasteiger partial charge in [0.25, 0.3) is 0 Å². The minimum absolute atomic E-state index is 0.628. The summed E-state index contributed by atoms with van der Waals surface area (Å²) in [7, 11) is 0. The number of nitrogens with zero attached hydrogens (tertiary/aromatic N) is 4. The first kappa shape index (κ1) is 10.6. The summed E-state index contributed by atoms with van der Waals surface area (Å²) in [5, 5.41) is 9.03. The summed E-state index contributed by atoms with van der Waals surface area (Å²) < 4.78 is 4.08. The zero-order valence-electron chi connectivity index (χ0n) is 10.2. The number of aryl methyl sites for hydroxylation is 1. The van der Waals surface area contributed by atoms with Gasteiger partial charge in [-0.1, -0.05) is 12.8 Å². The van der Waals surface area contributed by atoms with Crippen molar-refractivity contribution in [3.8, 4) is 0 Å². The van der Waals surface area contributed by atoms with Gasteiger partial charge in [0.05, 0.1) is 24.0 Å². The highest BCUT2D eigenvalue weighted by molar-refractivity contribution is 5.03. The average Bonchev–Trinajstić information content (AvgIpc) is 3.00. The molecule has 0 radical (unpaired) electrons. The Hall–Kier alpha value is -1.58. The Kier molecular flexibility index (Phi) is 2.71. The van der Waals surface area contributed by atoms with E-state index in [9.17, 15) is 0 Å². The molecule has 2 heterocycles. The molecule has 1 aliphatic rings. The Morgan fingerprint density at radius 1 is 1.18 bits per heavy atom. The fourth-order valence-corrected chi connectivity index (χ4v) is 2.55. The van der Waals surface area contributed by atoms with Gasteiger partial charge in [0.15, 0.2) is 0 Å². The van der Waals surface area contributed by atoms with Gasteiger partial charge in [-0.15, -0.1) is 0 Å². The van der Waals surface area contributed by atoms with Crippen LogP contribution in [0.15, 0.2) is 24.5 Å². The zero-order chi connectivity index (χ0) is 11.7. The SMILES string of the molecule is Cc1ccn(Cc2ccn(C3CCCC3)n2)n1. The predicted octanol–water partition coefficient (Wildman–Crippen LogP) is 2.55. The molecule has 90 valence electrons. The van der Waals surface area contributed by atoms with Crippen molar-refractivity contribution < 1.29 is 0 Å². The van der Waals surface area contributed by atoms with E-state index in [2.05, 4.69) is 27.1 Å². The topological polar surface area (TPSA) is 35.6 Å². The molecule has 1 aliphatic carbocycles. The first-order chi connectivity index (χ1) is 8.31. The Labute approximate surface area is 101 Å². The van der Waals surface area contributed by atoms with Crippen molar-refractivity contribution in [2.45, 2.75) is 45.2 Å². The molecule has 0 saturated heterocycles. The molecular weight excluding hydrogens is 212 g/mol. The molecule has 0 bridgehead atoms. The monoisotopic (exact) mass is 230 g/mol. The lowest BCUT2D eigenvalue weighted by molar-refractivity contribution is 0.460. The van der Waals surface area contributed by atoms with Gasteiger partial charge >= 0.3 is 0 Å². The van der Waals surface area contributed by atoms with E-state index in [1.54, 1.807) is 0 Å². The lowest BCUT2D eigenvalue weighted by Gasteiger charge is -2.08. The van der Waals surface area contributed by atoms with E-state index < -0.39 is 0 Å². The summed E-state index contributed by atoms with van der Waals surface area (Å²) in [6.07, 6.45) is 9.37. The van der Waals surface area contributed by atoms with Gasteiger partial charge in [-0.3, -0.25) is 9.36 Å². The van der Waals surface area contributed by atoms with Crippen molar-refractivity contribution in [1.29, 1.82) is 0 Å². The average molecular weight is 230 g/mol. The maximum atomic E-state index is 4.65. The molecule has 1 saturated carbocycles. The van der Waals surface area contributed by atoms with E-state index in [1.165, 1.54) is 25.7 Å². The molecule has 0 unspecified atom stereocenters. The third-order valence-electron chi connectivity index (χ3n) is 3.46. The third kappa shape index (κ3) is 2.25. The minimum Gasteiger partial charge on any atom is -0.269 e. The van der Waals surface area contributed by atoms with Crippen LogP contribution in [0.5, 0.6) is 0 Å². The smallest absolute Gasteiger partial charge is 0.0849 e. The van der Waals surface area contributed by atoms with Crippen LogP contribution in [-0.2, 0) is 6.54 Å². The van der Waals surface area contributed by atoms with Gasteiger partial charge in [-0.2, -0.15) is 10.2 Å². The number of rotatable bonds is 3. The number of hydrogen-bond acceptors (Lipinski definition) is 2. The number of hydrogen-bond donors (Lipinski definition) is 0. The summed E-state index contributed by atoms with van der Waals surface area (Å²) in [5.74, 6) is 0. The van der Waals surface area contributed by atoms with E-state index in [4.69, 9.17) is 0 Å². The van der Waals surface area contributed by atoms with Crippen molar-refractivity contribution in [2.75, 3.05) is 0 Å². The molecule has 0 N–H and O–H groups in total. The first-order valence-corrected chi connectivity index (χ1v) is 6.35. The van der Waals surface area contributed by atoms with Crippen LogP contribution in [0, 0.1) is 6.92 Å². The van der Waals surface area contributed by atoms with Crippen molar-refractivity contribution in [3.63, 3.8) is 0 Å². The second-order valence-corrected chi connectivity index (χ2v) is 4.88. The van der Waals surface area contributed by atoms with Crippen LogP contribution < -0.4 is 0 Å². The highest BCUT2D eigenvalue weighted by Crippen LogP contribution is 2.28. The van der Waals surface area contributed by atoms with Gasteiger partial charge in [0.2, 0.25) is 0 Å². The molecular formula is C13H18N4. The number of aromatic nitrogens is 4. The second-order valence-electron chi connectivity index (χ2n) is 4.88. The van der Waals surface area contributed by atoms with Crippen LogP contribution in [-0.4, -0.2) is 19.6 Å². The van der Waals surface area contributed by atoms with E-state index in [0.29, 0.717) is 6.04 Å². The summed E-state index contributed by atoms with van der Waals surface area (Å²) in [6.45, 7) is 2.78. The second kappa shape index (κ2) is 4.35. The molecule has 3 rings (SSSR count). The van der Waals surface area contributed by atoms with Crippen LogP contribution >= 0.6 is 0 Å². The molecule has 4 heteroatoms. The lowest BCUT2D eigenvalue weighted by atomic mass is 10.3. The minimum atomic E-state index is 0.628. The maximum absolute atomic E-state index is 4.65. The quantitative estimate of drug-likeness (QED) is 0.812. The largest absolute Gasteiger partial charge is 0.269 e. The maximum Gasteiger partial charge on any atom is 0.0849 e. The van der Waals surface area contributed by atoms with Gasteiger partial charge in [-0.25, -0.2) is 0 Å². The molecule has 0 spiro atoms. The van der Waals surface area contributed by atoms with E-state index >= 15 is 0 Å². The van der Waals surface area contributed by atoms with Crippen molar-refractivity contribution in [3.05, 3.63) is 35.9 Å². The highest BCUT2D eigenvalue weighted by Gasteiger charge is 2.17. The van der Waals surface area contributed by atoms with Crippen molar-refractivity contribution in [1.82, 2.24) is 19.6 Å². The van der Waals surface area contributed by atoms with E-state index in [-0.39, 0.29) is 0 Å². The zero-order valence-corrected chi connectivity index (χ0v) is 10.2. The molecule has 0 aliphatic heterocycles. The van der Waals surface area contributed by atoms with Crippen LogP contribution in [0.4, 0.5) is 0 Å². The summed E-state index contributed by atoms with van der Waals surface area (Å²) >= 11 is 0. The first-order valence-electron chi connectivity index (χ1n) is 6.35. The fraction of sp³-hybridized carbons (Fsp3) is 0.538. The third-order valence-corrected chi connectivity index (χ3v) is 3.46. The molecule has 0 atom stereocenters. The molecule has 4 nitrogen and oxygen atoms in total. The molecule has 17 heavy (non-hydrogen) atoms. The molecule has 2 aromatic heterocycles. The van der Waals surface area contributed by atoms with Crippen LogP contribution in [0.1, 0.15) is 43.1 Å². The van der Waals surface area contributed by atoms with Crippen LogP contribution in [0.3, 0.4) is 0 Å². The van der Waals surface area contributed by atoms with Gasteiger partial charge in [0, 0.05) is 12.4 Å². The van der Waals surface area contributed by atoms with Crippen molar-refractivity contribution >= 4 is 0 Å². The standard InChI is InChI=1S/C13H18N4/c1-11-6-8-16(14-11)10-12-7-9-17(15-12)13-4-2-3-5-13/h6-9,13H,2-5,10H2,1H3. The van der Waals surface area contributed by atoms with Gasteiger partial charge < -0.3 is 0 Å². The fourth-order valence-electron chi connectivity index (χ4n) is 2.55. The van der Waals surface area contributed by atoms with Crippen LogP contribution in [0.25, 0.3) is 0 Å². The Morgan fingerprint density at radius 3 is 2.71 bits per heavy atom. The molecule has 0 aromatic carbocycles. The van der Waals surface area contributed by atoms with Gasteiger partial charge in [0.1, 0.15) is 0 Å². The Balaban J connectivity index is 1.71. The van der Waals surface area contributed by atoms with Crippen molar-refractivity contribution in [2.24, 2.45) is 0 Å². The van der Waals surface area contributed by atoms with Gasteiger partial charge in [-0.05, 0) is 31.9 Å². The molecule has 1 fully saturated rings. The van der Waals surface area contributed by atoms with Crippen LogP contribution in [0.2, 0.25) is 0 Å². The van der Waals surface area contributed by atoms with E-state index in [1.807, 2.05) is 23.9 Å².